The second-order valence-electron chi connectivity index (χ2n) is 5.43. The molecule has 4 N–H and O–H groups in total. The molecule has 0 aromatic carbocycles. The van der Waals surface area contributed by atoms with Gasteiger partial charge in [-0.05, 0) is 38.1 Å². The van der Waals surface area contributed by atoms with Crippen LogP contribution < -0.4 is 11.1 Å². The largest absolute Gasteiger partial charge is 0.389 e. The van der Waals surface area contributed by atoms with E-state index in [9.17, 15) is 5.11 Å². The van der Waals surface area contributed by atoms with Crippen LogP contribution in [-0.2, 0) is 0 Å². The van der Waals surface area contributed by atoms with Crippen molar-refractivity contribution in [2.75, 3.05) is 13.1 Å². The zero-order valence-corrected chi connectivity index (χ0v) is 10.3. The zero-order chi connectivity index (χ0) is 11.5. The van der Waals surface area contributed by atoms with Gasteiger partial charge in [-0.3, -0.25) is 0 Å². The van der Waals surface area contributed by atoms with Crippen LogP contribution in [0.2, 0.25) is 0 Å². The average Bonchev–Trinajstić information content (AvgIpc) is 2.61. The summed E-state index contributed by atoms with van der Waals surface area (Å²) in [4.78, 5) is 0. The highest BCUT2D eigenvalue weighted by Gasteiger charge is 2.30. The van der Waals surface area contributed by atoms with Crippen LogP contribution in [0.3, 0.4) is 0 Å². The van der Waals surface area contributed by atoms with E-state index in [1.165, 1.54) is 19.3 Å². The van der Waals surface area contributed by atoms with Crippen LogP contribution in [0, 0.1) is 11.8 Å². The Labute approximate surface area is 93.4 Å². The summed E-state index contributed by atoms with van der Waals surface area (Å²) in [7, 11) is 0. The molecule has 0 aromatic heterocycles. The second-order valence-corrected chi connectivity index (χ2v) is 5.43. The van der Waals surface area contributed by atoms with Gasteiger partial charge in [0.05, 0.1) is 5.60 Å². The third kappa shape index (κ3) is 3.44. The molecule has 3 nitrogen and oxygen atoms in total. The monoisotopic (exact) mass is 214 g/mol. The summed E-state index contributed by atoms with van der Waals surface area (Å²) in [6.07, 6.45) is 3.71. The predicted molar refractivity (Wildman–Crippen MR) is 63.6 cm³/mol. The van der Waals surface area contributed by atoms with E-state index >= 15 is 0 Å². The van der Waals surface area contributed by atoms with Gasteiger partial charge in [-0.1, -0.05) is 20.3 Å². The summed E-state index contributed by atoms with van der Waals surface area (Å²) in [5.41, 5.74) is 5.11. The van der Waals surface area contributed by atoms with Gasteiger partial charge in [0.2, 0.25) is 0 Å². The lowest BCUT2D eigenvalue weighted by atomic mass is 9.92. The van der Waals surface area contributed by atoms with Crippen molar-refractivity contribution < 1.29 is 5.11 Å². The minimum atomic E-state index is -0.609. The van der Waals surface area contributed by atoms with Crippen molar-refractivity contribution in [2.24, 2.45) is 17.6 Å². The molecule has 3 atom stereocenters. The molecule has 1 aliphatic rings. The zero-order valence-electron chi connectivity index (χ0n) is 10.3. The number of nitrogens with two attached hydrogens (primary N) is 1. The van der Waals surface area contributed by atoms with Gasteiger partial charge in [0.25, 0.3) is 0 Å². The summed E-state index contributed by atoms with van der Waals surface area (Å²) < 4.78 is 0. The highest BCUT2D eigenvalue weighted by atomic mass is 16.3. The molecule has 0 saturated heterocycles. The number of aliphatic hydroxyl groups is 1. The SMILES string of the molecule is CC(C)C(C)(O)CNC1CCCC1CN. The lowest BCUT2D eigenvalue weighted by molar-refractivity contribution is 0.0108. The van der Waals surface area contributed by atoms with Gasteiger partial charge >= 0.3 is 0 Å². The minimum Gasteiger partial charge on any atom is -0.389 e. The van der Waals surface area contributed by atoms with Crippen molar-refractivity contribution in [3.8, 4) is 0 Å². The summed E-state index contributed by atoms with van der Waals surface area (Å²) >= 11 is 0. The first-order chi connectivity index (χ1) is 6.97. The fraction of sp³-hybridized carbons (Fsp3) is 1.00. The Hall–Kier alpha value is -0.120. The summed E-state index contributed by atoms with van der Waals surface area (Å²) in [5.74, 6) is 0.885. The van der Waals surface area contributed by atoms with Crippen LogP contribution in [0.5, 0.6) is 0 Å². The van der Waals surface area contributed by atoms with E-state index in [0.717, 1.165) is 6.54 Å². The molecule has 0 radical (unpaired) electrons. The van der Waals surface area contributed by atoms with E-state index < -0.39 is 5.60 Å². The van der Waals surface area contributed by atoms with E-state index in [1.807, 2.05) is 6.92 Å². The first-order valence-electron chi connectivity index (χ1n) is 6.13. The molecule has 0 spiro atoms. The molecule has 0 heterocycles. The summed E-state index contributed by atoms with van der Waals surface area (Å²) in [6.45, 7) is 7.44. The average molecular weight is 214 g/mol. The third-order valence-electron chi connectivity index (χ3n) is 3.93. The predicted octanol–water partition coefficient (Wildman–Crippen LogP) is 1.11. The van der Waals surface area contributed by atoms with Crippen LogP contribution in [0.15, 0.2) is 0 Å². The Bertz CT molecular complexity index is 192. The normalized spacial score (nSPS) is 30.8. The first kappa shape index (κ1) is 12.9. The molecule has 90 valence electrons. The Balaban J connectivity index is 2.36. The second kappa shape index (κ2) is 5.28. The Morgan fingerprint density at radius 2 is 2.13 bits per heavy atom. The molecule has 3 heteroatoms. The molecule has 1 aliphatic carbocycles. The van der Waals surface area contributed by atoms with E-state index in [-0.39, 0.29) is 5.92 Å². The van der Waals surface area contributed by atoms with Gasteiger partial charge < -0.3 is 16.2 Å². The van der Waals surface area contributed by atoms with Gasteiger partial charge in [0.15, 0.2) is 0 Å². The van der Waals surface area contributed by atoms with Gasteiger partial charge in [0, 0.05) is 12.6 Å². The number of hydrogen-bond acceptors (Lipinski definition) is 3. The van der Waals surface area contributed by atoms with Crippen LogP contribution in [0.1, 0.15) is 40.0 Å². The lowest BCUT2D eigenvalue weighted by Crippen LogP contribution is -2.47. The number of hydrogen-bond donors (Lipinski definition) is 3. The highest BCUT2D eigenvalue weighted by Crippen LogP contribution is 2.25. The molecule has 0 bridgehead atoms. The minimum absolute atomic E-state index is 0.280. The maximum absolute atomic E-state index is 10.1. The molecule has 15 heavy (non-hydrogen) atoms. The van der Waals surface area contributed by atoms with E-state index in [4.69, 9.17) is 5.73 Å². The molecule has 0 aromatic rings. The third-order valence-corrected chi connectivity index (χ3v) is 3.93. The summed E-state index contributed by atoms with van der Waals surface area (Å²) in [6, 6.07) is 0.514. The molecular weight excluding hydrogens is 188 g/mol. The van der Waals surface area contributed by atoms with Crippen LogP contribution in [-0.4, -0.2) is 29.8 Å². The smallest absolute Gasteiger partial charge is 0.0766 e. The highest BCUT2D eigenvalue weighted by molar-refractivity contribution is 4.87. The molecule has 0 amide bonds. The van der Waals surface area contributed by atoms with Gasteiger partial charge in [-0.25, -0.2) is 0 Å². The van der Waals surface area contributed by atoms with E-state index in [1.54, 1.807) is 0 Å². The van der Waals surface area contributed by atoms with Crippen LogP contribution in [0.25, 0.3) is 0 Å². The van der Waals surface area contributed by atoms with E-state index in [0.29, 0.717) is 18.5 Å². The maximum Gasteiger partial charge on any atom is 0.0766 e. The molecule has 1 rings (SSSR count). The van der Waals surface area contributed by atoms with Crippen molar-refractivity contribution in [3.63, 3.8) is 0 Å². The van der Waals surface area contributed by atoms with Crippen molar-refractivity contribution >= 4 is 0 Å². The topological polar surface area (TPSA) is 58.3 Å². The molecule has 1 fully saturated rings. The Kier molecular flexibility index (Phi) is 4.56. The Morgan fingerprint density at radius 1 is 1.47 bits per heavy atom. The molecular formula is C12H26N2O. The van der Waals surface area contributed by atoms with E-state index in [2.05, 4.69) is 19.2 Å². The van der Waals surface area contributed by atoms with Crippen LogP contribution >= 0.6 is 0 Å². The standard InChI is InChI=1S/C12H26N2O/c1-9(2)12(3,15)8-14-11-6-4-5-10(11)7-13/h9-11,14-15H,4-8,13H2,1-3H3. The fourth-order valence-electron chi connectivity index (χ4n) is 2.13. The van der Waals surface area contributed by atoms with Crippen molar-refractivity contribution in [1.82, 2.24) is 5.32 Å². The fourth-order valence-corrected chi connectivity index (χ4v) is 2.13. The summed E-state index contributed by atoms with van der Waals surface area (Å²) in [5, 5.41) is 13.6. The maximum atomic E-state index is 10.1. The molecule has 1 saturated carbocycles. The van der Waals surface area contributed by atoms with Gasteiger partial charge in [-0.15, -0.1) is 0 Å². The van der Waals surface area contributed by atoms with Gasteiger partial charge in [-0.2, -0.15) is 0 Å². The lowest BCUT2D eigenvalue weighted by Gasteiger charge is -2.31. The molecule has 3 unspecified atom stereocenters. The number of rotatable bonds is 5. The van der Waals surface area contributed by atoms with Crippen molar-refractivity contribution in [1.29, 1.82) is 0 Å². The van der Waals surface area contributed by atoms with Gasteiger partial charge in [0.1, 0.15) is 0 Å². The quantitative estimate of drug-likeness (QED) is 0.642. The number of nitrogens with one attached hydrogen (secondary N) is 1. The van der Waals surface area contributed by atoms with Crippen molar-refractivity contribution in [2.45, 2.75) is 51.7 Å². The Morgan fingerprint density at radius 3 is 2.67 bits per heavy atom. The first-order valence-corrected chi connectivity index (χ1v) is 6.13. The van der Waals surface area contributed by atoms with Crippen molar-refractivity contribution in [3.05, 3.63) is 0 Å². The molecule has 0 aliphatic heterocycles. The van der Waals surface area contributed by atoms with Crippen LogP contribution in [0.4, 0.5) is 0 Å².